The molecule has 3 rings (SSSR count). The minimum Gasteiger partial charge on any atom is -0.469 e. The van der Waals surface area contributed by atoms with Gasteiger partial charge in [0.15, 0.2) is 0 Å². The number of nitrogens with zero attached hydrogens (tertiary/aromatic N) is 1. The molecule has 1 N–H and O–H groups in total. The molecule has 1 aliphatic rings. The van der Waals surface area contributed by atoms with Crippen molar-refractivity contribution in [2.45, 2.75) is 24.7 Å². The number of furan rings is 1. The van der Waals surface area contributed by atoms with E-state index in [0.717, 1.165) is 11.3 Å². The van der Waals surface area contributed by atoms with Crippen LogP contribution < -0.4 is 5.32 Å². The summed E-state index contributed by atoms with van der Waals surface area (Å²) in [5.74, 6) is 0.547. The predicted molar refractivity (Wildman–Crippen MR) is 96.4 cm³/mol. The van der Waals surface area contributed by atoms with Crippen LogP contribution in [0.5, 0.6) is 0 Å². The normalized spacial score (nSPS) is 15.7. The average molecular weight is 378 g/mol. The van der Waals surface area contributed by atoms with Crippen molar-refractivity contribution in [2.75, 3.05) is 31.6 Å². The second-order valence-corrected chi connectivity index (χ2v) is 8.06. The molecule has 0 atom stereocenters. The van der Waals surface area contributed by atoms with Gasteiger partial charge in [0, 0.05) is 31.6 Å². The summed E-state index contributed by atoms with van der Waals surface area (Å²) in [5.41, 5.74) is 1.31. The third kappa shape index (κ3) is 4.32. The van der Waals surface area contributed by atoms with Gasteiger partial charge in [-0.05, 0) is 36.8 Å². The predicted octanol–water partition coefficient (Wildman–Crippen LogP) is 2.18. The third-order valence-electron chi connectivity index (χ3n) is 4.27. The molecule has 0 spiro atoms. The largest absolute Gasteiger partial charge is 0.469 e. The molecule has 26 heavy (non-hydrogen) atoms. The van der Waals surface area contributed by atoms with E-state index in [2.05, 4.69) is 5.32 Å². The Bertz CT molecular complexity index is 856. The van der Waals surface area contributed by atoms with Gasteiger partial charge in [0.05, 0.1) is 24.4 Å². The lowest BCUT2D eigenvalue weighted by Crippen LogP contribution is -2.40. The number of ether oxygens (including phenoxy) is 1. The first-order chi connectivity index (χ1) is 12.5. The number of morpholine rings is 1. The molecule has 140 valence electrons. The molecule has 1 aliphatic heterocycles. The van der Waals surface area contributed by atoms with Crippen LogP contribution in [0.4, 0.5) is 5.69 Å². The van der Waals surface area contributed by atoms with Crippen LogP contribution in [0.2, 0.25) is 0 Å². The highest BCUT2D eigenvalue weighted by Crippen LogP contribution is 2.24. The molecule has 2 aromatic rings. The maximum atomic E-state index is 12.8. The quantitative estimate of drug-likeness (QED) is 0.832. The molecule has 1 aromatic heterocycles. The molecule has 7 nitrogen and oxygen atoms in total. The van der Waals surface area contributed by atoms with Crippen molar-refractivity contribution in [3.05, 3.63) is 47.9 Å². The van der Waals surface area contributed by atoms with Gasteiger partial charge in [0.25, 0.3) is 0 Å². The van der Waals surface area contributed by atoms with E-state index in [1.165, 1.54) is 10.4 Å². The summed E-state index contributed by atoms with van der Waals surface area (Å²) in [7, 11) is -3.60. The lowest BCUT2D eigenvalue weighted by atomic mass is 10.2. The molecular formula is C18H22N2O5S. The summed E-state index contributed by atoms with van der Waals surface area (Å²) in [4.78, 5) is 12.4. The van der Waals surface area contributed by atoms with E-state index in [0.29, 0.717) is 38.4 Å². The van der Waals surface area contributed by atoms with Gasteiger partial charge >= 0.3 is 0 Å². The van der Waals surface area contributed by atoms with Crippen molar-refractivity contribution >= 4 is 21.6 Å². The van der Waals surface area contributed by atoms with E-state index in [1.807, 2.05) is 13.0 Å². The number of anilines is 1. The Balaban J connectivity index is 1.71. The minimum atomic E-state index is -3.60. The van der Waals surface area contributed by atoms with Crippen LogP contribution in [0.3, 0.4) is 0 Å². The van der Waals surface area contributed by atoms with Crippen LogP contribution >= 0.6 is 0 Å². The van der Waals surface area contributed by atoms with Crippen molar-refractivity contribution in [3.63, 3.8) is 0 Å². The molecule has 0 saturated carbocycles. The first-order valence-electron chi connectivity index (χ1n) is 8.47. The van der Waals surface area contributed by atoms with Crippen molar-refractivity contribution in [1.29, 1.82) is 0 Å². The number of aryl methyl sites for hydroxylation is 2. The fourth-order valence-corrected chi connectivity index (χ4v) is 4.17. The molecular weight excluding hydrogens is 356 g/mol. The number of nitrogens with one attached hydrogen (secondary N) is 1. The second-order valence-electron chi connectivity index (χ2n) is 6.12. The summed E-state index contributed by atoms with van der Waals surface area (Å²) < 4.78 is 37.4. The van der Waals surface area contributed by atoms with Crippen LogP contribution in [0.15, 0.2) is 45.9 Å². The molecule has 1 amide bonds. The van der Waals surface area contributed by atoms with Crippen LogP contribution in [0.25, 0.3) is 0 Å². The van der Waals surface area contributed by atoms with Gasteiger partial charge in [-0.15, -0.1) is 0 Å². The average Bonchev–Trinajstić information content (AvgIpc) is 3.16. The van der Waals surface area contributed by atoms with Crippen molar-refractivity contribution < 1.29 is 22.4 Å². The van der Waals surface area contributed by atoms with Crippen LogP contribution in [0, 0.1) is 6.92 Å². The number of amides is 1. The van der Waals surface area contributed by atoms with E-state index in [4.69, 9.17) is 9.15 Å². The smallest absolute Gasteiger partial charge is 0.243 e. The van der Waals surface area contributed by atoms with Gasteiger partial charge in [0.1, 0.15) is 5.76 Å². The highest BCUT2D eigenvalue weighted by molar-refractivity contribution is 7.89. The van der Waals surface area contributed by atoms with Crippen molar-refractivity contribution in [1.82, 2.24) is 4.31 Å². The van der Waals surface area contributed by atoms with E-state index in [1.54, 1.807) is 24.5 Å². The summed E-state index contributed by atoms with van der Waals surface area (Å²) in [6.07, 6.45) is 2.31. The Morgan fingerprint density at radius 3 is 2.69 bits per heavy atom. The third-order valence-corrected chi connectivity index (χ3v) is 6.16. The van der Waals surface area contributed by atoms with Gasteiger partial charge in [-0.2, -0.15) is 4.31 Å². The number of carbonyl (C=O) groups excluding carboxylic acids is 1. The first-order valence-corrected chi connectivity index (χ1v) is 9.91. The number of rotatable bonds is 6. The molecule has 1 saturated heterocycles. The lowest BCUT2D eigenvalue weighted by Gasteiger charge is -2.26. The van der Waals surface area contributed by atoms with Gasteiger partial charge < -0.3 is 14.5 Å². The summed E-state index contributed by atoms with van der Waals surface area (Å²) in [5, 5.41) is 2.80. The number of benzene rings is 1. The summed E-state index contributed by atoms with van der Waals surface area (Å²) in [6, 6.07) is 8.38. The van der Waals surface area contributed by atoms with Crippen molar-refractivity contribution in [2.24, 2.45) is 0 Å². The van der Waals surface area contributed by atoms with E-state index >= 15 is 0 Å². The molecule has 0 radical (unpaired) electrons. The Morgan fingerprint density at radius 1 is 1.23 bits per heavy atom. The molecule has 1 aromatic carbocycles. The molecule has 0 bridgehead atoms. The highest BCUT2D eigenvalue weighted by Gasteiger charge is 2.26. The maximum Gasteiger partial charge on any atom is 0.243 e. The van der Waals surface area contributed by atoms with E-state index in [-0.39, 0.29) is 17.2 Å². The van der Waals surface area contributed by atoms with Crippen LogP contribution in [-0.4, -0.2) is 44.9 Å². The zero-order valence-corrected chi connectivity index (χ0v) is 15.4. The van der Waals surface area contributed by atoms with Crippen LogP contribution in [0.1, 0.15) is 17.7 Å². The molecule has 0 aliphatic carbocycles. The monoisotopic (exact) mass is 378 g/mol. The maximum absolute atomic E-state index is 12.8. The Hall–Kier alpha value is -2.16. The second kappa shape index (κ2) is 8.03. The van der Waals surface area contributed by atoms with Gasteiger partial charge in [-0.3, -0.25) is 4.79 Å². The first kappa shape index (κ1) is 18.6. The fourth-order valence-electron chi connectivity index (χ4n) is 2.74. The van der Waals surface area contributed by atoms with Gasteiger partial charge in [0.2, 0.25) is 15.9 Å². The van der Waals surface area contributed by atoms with Crippen LogP contribution in [-0.2, 0) is 26.0 Å². The molecule has 0 unspecified atom stereocenters. The standard InChI is InChI=1S/C18H22N2O5S/c1-14-4-6-16(26(22,23)20-8-11-24-12-9-20)13-17(14)19-18(21)7-5-15-3-2-10-25-15/h2-4,6,10,13H,5,7-9,11-12H2,1H3,(H,19,21). The summed E-state index contributed by atoms with van der Waals surface area (Å²) in [6.45, 7) is 3.28. The SMILES string of the molecule is Cc1ccc(S(=O)(=O)N2CCOCC2)cc1NC(=O)CCc1ccco1. The topological polar surface area (TPSA) is 88.9 Å². The molecule has 2 heterocycles. The number of carbonyl (C=O) groups is 1. The number of sulfonamides is 1. The Labute approximate surface area is 153 Å². The lowest BCUT2D eigenvalue weighted by molar-refractivity contribution is -0.116. The molecule has 8 heteroatoms. The zero-order chi connectivity index (χ0) is 18.6. The van der Waals surface area contributed by atoms with Crippen molar-refractivity contribution in [3.8, 4) is 0 Å². The Kier molecular flexibility index (Phi) is 5.75. The van der Waals surface area contributed by atoms with E-state index in [9.17, 15) is 13.2 Å². The van der Waals surface area contributed by atoms with E-state index < -0.39 is 10.0 Å². The summed E-state index contributed by atoms with van der Waals surface area (Å²) >= 11 is 0. The fraction of sp³-hybridized carbons (Fsp3) is 0.389. The minimum absolute atomic E-state index is 0.173. The Morgan fingerprint density at radius 2 is 2.00 bits per heavy atom. The molecule has 1 fully saturated rings. The van der Waals surface area contributed by atoms with Gasteiger partial charge in [-0.25, -0.2) is 8.42 Å². The highest BCUT2D eigenvalue weighted by atomic mass is 32.2. The number of hydrogen-bond acceptors (Lipinski definition) is 5. The zero-order valence-electron chi connectivity index (χ0n) is 14.6. The number of hydrogen-bond donors (Lipinski definition) is 1. The van der Waals surface area contributed by atoms with Gasteiger partial charge in [-0.1, -0.05) is 6.07 Å².